The fourth-order valence-corrected chi connectivity index (χ4v) is 2.15. The van der Waals surface area contributed by atoms with Gasteiger partial charge in [-0.25, -0.2) is 14.6 Å². The van der Waals surface area contributed by atoms with Crippen molar-refractivity contribution in [3.63, 3.8) is 0 Å². The van der Waals surface area contributed by atoms with Gasteiger partial charge in [0, 0.05) is 12.0 Å². The van der Waals surface area contributed by atoms with E-state index >= 15 is 0 Å². The van der Waals surface area contributed by atoms with Gasteiger partial charge in [-0.2, -0.15) is 5.10 Å². The van der Waals surface area contributed by atoms with Gasteiger partial charge in [0.1, 0.15) is 11.6 Å². The first-order valence-corrected chi connectivity index (χ1v) is 6.89. The normalized spacial score (nSPS) is 11.0. The smallest absolute Gasteiger partial charge is 0.134 e. The van der Waals surface area contributed by atoms with Crippen molar-refractivity contribution in [2.75, 3.05) is 5.73 Å². The van der Waals surface area contributed by atoms with Gasteiger partial charge in [-0.3, -0.25) is 0 Å². The molecule has 0 aliphatic rings. The van der Waals surface area contributed by atoms with Crippen LogP contribution in [0, 0.1) is 0 Å². The highest BCUT2D eigenvalue weighted by Gasteiger charge is 2.12. The number of nitrogen functional groups attached to an aromatic ring is 1. The quantitative estimate of drug-likeness (QED) is 0.800. The van der Waals surface area contributed by atoms with Crippen LogP contribution in [0.3, 0.4) is 0 Å². The van der Waals surface area contributed by atoms with E-state index in [9.17, 15) is 0 Å². The Bertz CT molecular complexity index is 746. The summed E-state index contributed by atoms with van der Waals surface area (Å²) in [5.74, 6) is 1.44. The zero-order valence-electron chi connectivity index (χ0n) is 12.1. The highest BCUT2D eigenvalue weighted by molar-refractivity contribution is 5.60. The van der Waals surface area contributed by atoms with E-state index in [4.69, 9.17) is 5.73 Å². The molecule has 21 heavy (non-hydrogen) atoms. The molecule has 0 saturated heterocycles. The van der Waals surface area contributed by atoms with Crippen LogP contribution >= 0.6 is 0 Å². The maximum atomic E-state index is 5.91. The summed E-state index contributed by atoms with van der Waals surface area (Å²) in [6.07, 6.45) is 1.76. The lowest BCUT2D eigenvalue weighted by atomic mass is 10.2. The van der Waals surface area contributed by atoms with Crippen LogP contribution in [0.2, 0.25) is 0 Å². The molecule has 0 spiro atoms. The fraction of sp³-hybridized carbons (Fsp3) is 0.188. The Labute approximate surface area is 123 Å². The largest absolute Gasteiger partial charge is 0.384 e. The molecule has 106 valence electrons. The molecule has 2 N–H and O–H groups in total. The lowest BCUT2D eigenvalue weighted by molar-refractivity contribution is 0.775. The van der Waals surface area contributed by atoms with Crippen molar-refractivity contribution in [1.29, 1.82) is 0 Å². The summed E-state index contributed by atoms with van der Waals surface area (Å²) in [6.45, 7) is 4.10. The zero-order chi connectivity index (χ0) is 14.8. The molecule has 3 aromatic rings. The van der Waals surface area contributed by atoms with E-state index in [1.807, 2.05) is 54.9 Å². The lowest BCUT2D eigenvalue weighted by Crippen LogP contribution is -2.05. The third-order valence-electron chi connectivity index (χ3n) is 3.19. The maximum absolute atomic E-state index is 5.91. The van der Waals surface area contributed by atoms with E-state index in [0.717, 1.165) is 22.9 Å². The van der Waals surface area contributed by atoms with Crippen molar-refractivity contribution < 1.29 is 0 Å². The van der Waals surface area contributed by atoms with Crippen LogP contribution in [-0.2, 0) is 0 Å². The molecule has 5 nitrogen and oxygen atoms in total. The summed E-state index contributed by atoms with van der Waals surface area (Å²) in [5.41, 5.74) is 8.58. The molecule has 2 aromatic heterocycles. The zero-order valence-corrected chi connectivity index (χ0v) is 12.1. The first-order chi connectivity index (χ1) is 10.1. The standard InChI is InChI=1S/C16H17N5/c1-11(2)16-19-13(10-15(17)20-16)14-8-9-18-21(14)12-6-4-3-5-7-12/h3-11H,1-2H3,(H2,17,19,20). The van der Waals surface area contributed by atoms with Crippen LogP contribution < -0.4 is 5.73 Å². The van der Waals surface area contributed by atoms with Crippen molar-refractivity contribution in [3.8, 4) is 17.1 Å². The third kappa shape index (κ3) is 2.63. The second kappa shape index (κ2) is 5.36. The predicted molar refractivity (Wildman–Crippen MR) is 83.1 cm³/mol. The van der Waals surface area contributed by atoms with Gasteiger partial charge < -0.3 is 5.73 Å². The molecular weight excluding hydrogens is 262 g/mol. The summed E-state index contributed by atoms with van der Waals surface area (Å²) in [4.78, 5) is 8.89. The van der Waals surface area contributed by atoms with Crippen LogP contribution in [0.4, 0.5) is 5.82 Å². The summed E-state index contributed by atoms with van der Waals surface area (Å²) in [6, 6.07) is 13.7. The molecule has 0 fully saturated rings. The number of rotatable bonds is 3. The van der Waals surface area contributed by atoms with Gasteiger partial charge in [0.2, 0.25) is 0 Å². The fourth-order valence-electron chi connectivity index (χ4n) is 2.15. The molecule has 3 rings (SSSR count). The molecule has 2 heterocycles. The van der Waals surface area contributed by atoms with Gasteiger partial charge in [-0.1, -0.05) is 32.0 Å². The Morgan fingerprint density at radius 2 is 1.81 bits per heavy atom. The monoisotopic (exact) mass is 279 g/mol. The molecule has 0 saturated carbocycles. The summed E-state index contributed by atoms with van der Waals surface area (Å²) in [7, 11) is 0. The second-order valence-corrected chi connectivity index (χ2v) is 5.15. The summed E-state index contributed by atoms with van der Waals surface area (Å²) >= 11 is 0. The van der Waals surface area contributed by atoms with Crippen LogP contribution in [0.15, 0.2) is 48.7 Å². The van der Waals surface area contributed by atoms with E-state index in [0.29, 0.717) is 5.82 Å². The summed E-state index contributed by atoms with van der Waals surface area (Å²) < 4.78 is 1.85. The van der Waals surface area contributed by atoms with Gasteiger partial charge in [0.05, 0.1) is 23.3 Å². The average Bonchev–Trinajstić information content (AvgIpc) is 2.97. The van der Waals surface area contributed by atoms with Crippen LogP contribution in [0.1, 0.15) is 25.6 Å². The molecule has 0 atom stereocenters. The maximum Gasteiger partial charge on any atom is 0.134 e. The van der Waals surface area contributed by atoms with Crippen molar-refractivity contribution in [3.05, 3.63) is 54.5 Å². The van der Waals surface area contributed by atoms with Gasteiger partial charge >= 0.3 is 0 Å². The number of aromatic nitrogens is 4. The first-order valence-electron chi connectivity index (χ1n) is 6.89. The molecule has 0 aliphatic carbocycles. The van der Waals surface area contributed by atoms with E-state index in [1.165, 1.54) is 0 Å². The first kappa shape index (κ1) is 13.3. The molecule has 0 unspecified atom stereocenters. The SMILES string of the molecule is CC(C)c1nc(N)cc(-c2ccnn2-c2ccccc2)n1. The lowest BCUT2D eigenvalue weighted by Gasteiger charge is -2.10. The van der Waals surface area contributed by atoms with Gasteiger partial charge in [0.15, 0.2) is 0 Å². The van der Waals surface area contributed by atoms with E-state index in [-0.39, 0.29) is 5.92 Å². The second-order valence-electron chi connectivity index (χ2n) is 5.15. The van der Waals surface area contributed by atoms with Crippen molar-refractivity contribution >= 4 is 5.82 Å². The number of hydrogen-bond donors (Lipinski definition) is 1. The van der Waals surface area contributed by atoms with Crippen molar-refractivity contribution in [1.82, 2.24) is 19.7 Å². The number of anilines is 1. The number of hydrogen-bond acceptors (Lipinski definition) is 4. The Balaban J connectivity index is 2.12. The Kier molecular flexibility index (Phi) is 3.39. The Morgan fingerprint density at radius 1 is 1.05 bits per heavy atom. The minimum atomic E-state index is 0.223. The van der Waals surface area contributed by atoms with Crippen LogP contribution in [0.5, 0.6) is 0 Å². The highest BCUT2D eigenvalue weighted by atomic mass is 15.3. The van der Waals surface area contributed by atoms with E-state index in [2.05, 4.69) is 15.1 Å². The van der Waals surface area contributed by atoms with E-state index in [1.54, 1.807) is 12.3 Å². The number of nitrogens with zero attached hydrogens (tertiary/aromatic N) is 4. The number of para-hydroxylation sites is 1. The third-order valence-corrected chi connectivity index (χ3v) is 3.19. The van der Waals surface area contributed by atoms with Gasteiger partial charge in [0.25, 0.3) is 0 Å². The summed E-state index contributed by atoms with van der Waals surface area (Å²) in [5, 5.41) is 4.38. The van der Waals surface area contributed by atoms with Gasteiger partial charge in [-0.15, -0.1) is 0 Å². The molecule has 0 aliphatic heterocycles. The topological polar surface area (TPSA) is 69.6 Å². The predicted octanol–water partition coefficient (Wildman–Crippen LogP) is 3.03. The van der Waals surface area contributed by atoms with Crippen molar-refractivity contribution in [2.45, 2.75) is 19.8 Å². The minimum absolute atomic E-state index is 0.223. The molecule has 0 radical (unpaired) electrons. The minimum Gasteiger partial charge on any atom is -0.384 e. The number of benzene rings is 1. The molecule has 5 heteroatoms. The molecular formula is C16H17N5. The highest BCUT2D eigenvalue weighted by Crippen LogP contribution is 2.23. The Hall–Kier alpha value is -2.69. The van der Waals surface area contributed by atoms with Crippen LogP contribution in [-0.4, -0.2) is 19.7 Å². The average molecular weight is 279 g/mol. The van der Waals surface area contributed by atoms with E-state index < -0.39 is 0 Å². The number of nitrogens with two attached hydrogens (primary N) is 1. The van der Waals surface area contributed by atoms with Crippen LogP contribution in [0.25, 0.3) is 17.1 Å². The molecule has 1 aromatic carbocycles. The molecule has 0 bridgehead atoms. The van der Waals surface area contributed by atoms with Crippen molar-refractivity contribution in [2.24, 2.45) is 0 Å². The van der Waals surface area contributed by atoms with Gasteiger partial charge in [-0.05, 0) is 18.2 Å². The molecule has 0 amide bonds. The Morgan fingerprint density at radius 3 is 2.52 bits per heavy atom.